The van der Waals surface area contributed by atoms with Crippen molar-refractivity contribution in [2.45, 2.75) is 19.1 Å². The Morgan fingerprint density at radius 3 is 2.31 bits per heavy atom. The lowest BCUT2D eigenvalue weighted by Crippen LogP contribution is -2.28. The number of carboxylic acids is 1. The average molecular weight is 225 g/mol. The smallest absolute Gasteiger partial charge is 0.335 e. The van der Waals surface area contributed by atoms with Crippen molar-refractivity contribution in [3.8, 4) is 0 Å². The molecule has 0 fully saturated rings. The number of ketones is 1. The predicted octanol–water partition coefficient (Wildman–Crippen LogP) is -0.237. The number of Topliss-reactive ketones (excluding diaryl/α,β-unsaturated/α-hetero) is 1. The molecule has 2 unspecified atom stereocenters. The minimum atomic E-state index is -1.93. The van der Waals surface area contributed by atoms with Gasteiger partial charge in [0.25, 0.3) is 0 Å². The van der Waals surface area contributed by atoms with Gasteiger partial charge in [-0.1, -0.05) is 0 Å². The molecule has 3 N–H and O–H groups in total. The Hall–Kier alpha value is -1.79. The molecular weight excluding hydrogens is 214 g/mol. The largest absolute Gasteiger partial charge is 0.479 e. The highest BCUT2D eigenvalue weighted by Gasteiger charge is 2.26. The number of aliphatic hydroxyl groups is 2. The van der Waals surface area contributed by atoms with Crippen LogP contribution in [0.5, 0.6) is 0 Å². The van der Waals surface area contributed by atoms with Gasteiger partial charge < -0.3 is 15.3 Å². The Kier molecular flexibility index (Phi) is 3.70. The molecule has 86 valence electrons. The number of pyridine rings is 1. The first kappa shape index (κ1) is 12.3. The van der Waals surface area contributed by atoms with Gasteiger partial charge in [-0.05, 0) is 19.1 Å². The maximum Gasteiger partial charge on any atom is 0.335 e. The van der Waals surface area contributed by atoms with Crippen LogP contribution in [-0.2, 0) is 4.79 Å². The molecule has 0 aromatic carbocycles. The molecule has 16 heavy (non-hydrogen) atoms. The van der Waals surface area contributed by atoms with Crippen LogP contribution in [0.25, 0.3) is 0 Å². The second-order valence-corrected chi connectivity index (χ2v) is 3.26. The Bertz CT molecular complexity index is 400. The molecule has 1 aromatic heterocycles. The van der Waals surface area contributed by atoms with E-state index in [1.165, 1.54) is 25.3 Å². The number of hydrogen-bond acceptors (Lipinski definition) is 5. The number of carbonyl (C=O) groups is 2. The Morgan fingerprint density at radius 2 is 1.94 bits per heavy atom. The standard InChI is InChI=1S/C10H11NO5/c1-5(12)6-2-3-7(11-4-6)8(13)9(14)10(15)16/h2-4,8-9,13-14H,1H3,(H,15,16). The minimum absolute atomic E-state index is 0.0000926. The van der Waals surface area contributed by atoms with Gasteiger partial charge in [0.05, 0.1) is 5.69 Å². The predicted molar refractivity (Wildman–Crippen MR) is 52.8 cm³/mol. The molecular formula is C10H11NO5. The molecule has 0 amide bonds. The van der Waals surface area contributed by atoms with E-state index in [1.807, 2.05) is 0 Å². The van der Waals surface area contributed by atoms with E-state index in [2.05, 4.69) is 4.98 Å². The summed E-state index contributed by atoms with van der Waals surface area (Å²) in [5, 5.41) is 26.9. The highest BCUT2D eigenvalue weighted by atomic mass is 16.4. The third-order valence-electron chi connectivity index (χ3n) is 2.05. The average Bonchev–Trinajstić information content (AvgIpc) is 2.27. The van der Waals surface area contributed by atoms with Crippen molar-refractivity contribution in [2.75, 3.05) is 0 Å². The van der Waals surface area contributed by atoms with Crippen LogP contribution in [0, 0.1) is 0 Å². The monoisotopic (exact) mass is 225 g/mol. The molecule has 6 nitrogen and oxygen atoms in total. The molecule has 2 atom stereocenters. The fraction of sp³-hybridized carbons (Fsp3) is 0.300. The first-order valence-electron chi connectivity index (χ1n) is 4.49. The number of carboxylic acid groups (broad SMARTS) is 1. The summed E-state index contributed by atoms with van der Waals surface area (Å²) < 4.78 is 0. The van der Waals surface area contributed by atoms with Crippen molar-refractivity contribution in [1.82, 2.24) is 4.98 Å². The van der Waals surface area contributed by atoms with E-state index in [1.54, 1.807) is 0 Å². The van der Waals surface area contributed by atoms with Crippen LogP contribution in [0.15, 0.2) is 18.3 Å². The Labute approximate surface area is 91.2 Å². The van der Waals surface area contributed by atoms with Crippen LogP contribution in [0.3, 0.4) is 0 Å². The van der Waals surface area contributed by atoms with E-state index >= 15 is 0 Å². The Balaban J connectivity index is 2.89. The molecule has 1 rings (SSSR count). The van der Waals surface area contributed by atoms with E-state index < -0.39 is 18.2 Å². The number of nitrogens with zero attached hydrogens (tertiary/aromatic N) is 1. The number of aliphatic hydroxyl groups excluding tert-OH is 2. The third-order valence-corrected chi connectivity index (χ3v) is 2.05. The zero-order chi connectivity index (χ0) is 12.3. The molecule has 0 aliphatic rings. The molecule has 0 aliphatic carbocycles. The van der Waals surface area contributed by atoms with Gasteiger partial charge in [-0.2, -0.15) is 0 Å². The summed E-state index contributed by atoms with van der Waals surface area (Å²) in [5.41, 5.74) is 0.348. The quantitative estimate of drug-likeness (QED) is 0.610. The van der Waals surface area contributed by atoms with Crippen molar-refractivity contribution in [3.05, 3.63) is 29.6 Å². The molecule has 0 saturated carbocycles. The van der Waals surface area contributed by atoms with Gasteiger partial charge in [0, 0.05) is 11.8 Å². The lowest BCUT2D eigenvalue weighted by molar-refractivity contribution is -0.153. The van der Waals surface area contributed by atoms with Crippen molar-refractivity contribution in [1.29, 1.82) is 0 Å². The summed E-state index contributed by atoms with van der Waals surface area (Å²) in [5.74, 6) is -1.72. The SMILES string of the molecule is CC(=O)c1ccc(C(O)C(O)C(=O)O)nc1. The van der Waals surface area contributed by atoms with E-state index in [-0.39, 0.29) is 11.5 Å². The van der Waals surface area contributed by atoms with Crippen molar-refractivity contribution in [3.63, 3.8) is 0 Å². The first-order chi connectivity index (χ1) is 7.43. The second kappa shape index (κ2) is 4.82. The fourth-order valence-corrected chi connectivity index (χ4v) is 1.09. The summed E-state index contributed by atoms with van der Waals surface area (Å²) in [6, 6.07) is 2.70. The normalized spacial score (nSPS) is 14.2. The maximum absolute atomic E-state index is 10.9. The first-order valence-corrected chi connectivity index (χ1v) is 4.49. The van der Waals surface area contributed by atoms with Gasteiger partial charge in [-0.3, -0.25) is 9.78 Å². The number of hydrogen-bond donors (Lipinski definition) is 3. The van der Waals surface area contributed by atoms with Gasteiger partial charge in [0.15, 0.2) is 11.9 Å². The molecule has 1 heterocycles. The zero-order valence-electron chi connectivity index (χ0n) is 8.49. The van der Waals surface area contributed by atoms with Gasteiger partial charge in [0.1, 0.15) is 6.10 Å². The third kappa shape index (κ3) is 2.62. The summed E-state index contributed by atoms with van der Waals surface area (Å²) in [6.07, 6.45) is -2.33. The highest BCUT2D eigenvalue weighted by Crippen LogP contribution is 2.15. The van der Waals surface area contributed by atoms with Crippen molar-refractivity contribution >= 4 is 11.8 Å². The summed E-state index contributed by atoms with van der Waals surface area (Å²) in [4.78, 5) is 25.0. The molecule has 0 spiro atoms. The van der Waals surface area contributed by atoms with Crippen LogP contribution in [0.4, 0.5) is 0 Å². The summed E-state index contributed by atoms with van der Waals surface area (Å²) >= 11 is 0. The van der Waals surface area contributed by atoms with Gasteiger partial charge in [-0.15, -0.1) is 0 Å². The van der Waals surface area contributed by atoms with Crippen LogP contribution in [0.1, 0.15) is 29.1 Å². The second-order valence-electron chi connectivity index (χ2n) is 3.26. The molecule has 0 radical (unpaired) electrons. The fourth-order valence-electron chi connectivity index (χ4n) is 1.09. The number of aliphatic carboxylic acids is 1. The number of rotatable bonds is 4. The van der Waals surface area contributed by atoms with Crippen LogP contribution >= 0.6 is 0 Å². The lowest BCUT2D eigenvalue weighted by atomic mass is 10.1. The zero-order valence-corrected chi connectivity index (χ0v) is 8.49. The van der Waals surface area contributed by atoms with Crippen molar-refractivity contribution in [2.24, 2.45) is 0 Å². The van der Waals surface area contributed by atoms with E-state index in [4.69, 9.17) is 10.2 Å². The van der Waals surface area contributed by atoms with E-state index in [9.17, 15) is 14.7 Å². The molecule has 0 bridgehead atoms. The molecule has 0 saturated heterocycles. The lowest BCUT2D eigenvalue weighted by Gasteiger charge is -2.13. The maximum atomic E-state index is 10.9. The molecule has 0 aliphatic heterocycles. The van der Waals surface area contributed by atoms with Crippen LogP contribution < -0.4 is 0 Å². The summed E-state index contributed by atoms with van der Waals surface area (Å²) in [6.45, 7) is 1.36. The highest BCUT2D eigenvalue weighted by molar-refractivity contribution is 5.93. The van der Waals surface area contributed by atoms with Gasteiger partial charge in [0.2, 0.25) is 0 Å². The topological polar surface area (TPSA) is 108 Å². The van der Waals surface area contributed by atoms with E-state index in [0.29, 0.717) is 5.56 Å². The summed E-state index contributed by atoms with van der Waals surface area (Å²) in [7, 11) is 0. The minimum Gasteiger partial charge on any atom is -0.479 e. The number of aromatic nitrogens is 1. The molecule has 6 heteroatoms. The van der Waals surface area contributed by atoms with Gasteiger partial charge >= 0.3 is 5.97 Å². The van der Waals surface area contributed by atoms with Crippen LogP contribution in [0.2, 0.25) is 0 Å². The van der Waals surface area contributed by atoms with Gasteiger partial charge in [-0.25, -0.2) is 4.79 Å². The van der Waals surface area contributed by atoms with Crippen LogP contribution in [-0.4, -0.2) is 38.2 Å². The van der Waals surface area contributed by atoms with E-state index in [0.717, 1.165) is 0 Å². The Morgan fingerprint density at radius 1 is 1.31 bits per heavy atom. The number of carbonyl (C=O) groups excluding carboxylic acids is 1. The van der Waals surface area contributed by atoms with Crippen molar-refractivity contribution < 1.29 is 24.9 Å². The molecule has 1 aromatic rings.